The largest absolute Gasteiger partial charge is 0.467 e. The Labute approximate surface area is 125 Å². The smallest absolute Gasteiger partial charge is 0.329 e. The van der Waals surface area contributed by atoms with Crippen molar-refractivity contribution in [2.45, 2.75) is 45.3 Å². The number of nitrogens with zero attached hydrogens (tertiary/aromatic N) is 1. The number of hydrogen-bond donors (Lipinski definition) is 1. The van der Waals surface area contributed by atoms with Crippen molar-refractivity contribution >= 4 is 12.0 Å². The highest BCUT2D eigenvalue weighted by Gasteiger charge is 2.36. The van der Waals surface area contributed by atoms with Gasteiger partial charge in [0.05, 0.1) is 7.11 Å². The van der Waals surface area contributed by atoms with Crippen LogP contribution in [0.4, 0.5) is 4.79 Å². The first-order chi connectivity index (χ1) is 9.81. The third kappa shape index (κ3) is 3.54. The zero-order chi connectivity index (χ0) is 15.6. The summed E-state index contributed by atoms with van der Waals surface area (Å²) in [5.74, 6) is -0.381. The average Bonchev–Trinajstić information content (AvgIpc) is 2.43. The zero-order valence-corrected chi connectivity index (χ0v) is 13.0. The standard InChI is InChI=1S/C16H22N2O3/c1-16(2,3)17-15(20)18-10-12-8-6-5-7-11(12)9-13(18)14(19)21-4/h5-8,13H,9-10H2,1-4H3,(H,17,20)/t13-/m0/s1. The first kappa shape index (κ1) is 15.4. The monoisotopic (exact) mass is 290 g/mol. The van der Waals surface area contributed by atoms with E-state index < -0.39 is 6.04 Å². The maximum atomic E-state index is 12.5. The van der Waals surface area contributed by atoms with E-state index in [1.807, 2.05) is 45.0 Å². The third-order valence-corrected chi connectivity index (χ3v) is 3.46. The van der Waals surface area contributed by atoms with Gasteiger partial charge in [-0.05, 0) is 31.9 Å². The minimum atomic E-state index is -0.577. The molecular weight excluding hydrogens is 268 g/mol. The molecule has 0 aromatic heterocycles. The molecule has 1 aliphatic rings. The van der Waals surface area contributed by atoms with E-state index in [1.165, 1.54) is 7.11 Å². The molecular formula is C16H22N2O3. The highest BCUT2D eigenvalue weighted by Crippen LogP contribution is 2.24. The van der Waals surface area contributed by atoms with Crippen molar-refractivity contribution in [1.29, 1.82) is 0 Å². The van der Waals surface area contributed by atoms with Crippen LogP contribution in [0.1, 0.15) is 31.9 Å². The summed E-state index contributed by atoms with van der Waals surface area (Å²) in [7, 11) is 1.35. The van der Waals surface area contributed by atoms with E-state index in [1.54, 1.807) is 4.90 Å². The van der Waals surface area contributed by atoms with Crippen LogP contribution in [0.3, 0.4) is 0 Å². The summed E-state index contributed by atoms with van der Waals surface area (Å²) in [6.45, 7) is 6.15. The molecule has 0 bridgehead atoms. The second-order valence-electron chi connectivity index (χ2n) is 6.32. The van der Waals surface area contributed by atoms with Crippen molar-refractivity contribution in [3.63, 3.8) is 0 Å². The molecule has 0 fully saturated rings. The lowest BCUT2D eigenvalue weighted by Gasteiger charge is -2.37. The summed E-state index contributed by atoms with van der Waals surface area (Å²) >= 11 is 0. The Morgan fingerprint density at radius 1 is 1.24 bits per heavy atom. The Balaban J connectivity index is 2.28. The maximum absolute atomic E-state index is 12.5. The van der Waals surface area contributed by atoms with Gasteiger partial charge in [-0.2, -0.15) is 0 Å². The van der Waals surface area contributed by atoms with Crippen molar-refractivity contribution in [3.8, 4) is 0 Å². The van der Waals surface area contributed by atoms with E-state index in [0.29, 0.717) is 13.0 Å². The second kappa shape index (κ2) is 5.76. The molecule has 2 rings (SSSR count). The van der Waals surface area contributed by atoms with E-state index in [2.05, 4.69) is 5.32 Å². The van der Waals surface area contributed by atoms with Crippen LogP contribution in [0.5, 0.6) is 0 Å². The van der Waals surface area contributed by atoms with Crippen LogP contribution in [0.15, 0.2) is 24.3 Å². The Bertz CT molecular complexity index is 549. The Morgan fingerprint density at radius 2 is 1.86 bits per heavy atom. The summed E-state index contributed by atoms with van der Waals surface area (Å²) in [5.41, 5.74) is 1.81. The number of urea groups is 1. The molecule has 0 aliphatic carbocycles. The average molecular weight is 290 g/mol. The molecule has 0 spiro atoms. The van der Waals surface area contributed by atoms with E-state index in [9.17, 15) is 9.59 Å². The molecule has 1 aromatic rings. The van der Waals surface area contributed by atoms with Gasteiger partial charge in [0.2, 0.25) is 0 Å². The summed E-state index contributed by atoms with van der Waals surface area (Å²) in [6, 6.07) is 7.04. The van der Waals surface area contributed by atoms with Crippen molar-refractivity contribution in [2.75, 3.05) is 7.11 Å². The van der Waals surface area contributed by atoms with E-state index in [4.69, 9.17) is 4.74 Å². The summed E-state index contributed by atoms with van der Waals surface area (Å²) in [6.07, 6.45) is 0.487. The number of benzene rings is 1. The summed E-state index contributed by atoms with van der Waals surface area (Å²) in [4.78, 5) is 26.0. The first-order valence-electron chi connectivity index (χ1n) is 7.05. The van der Waals surface area contributed by atoms with Gasteiger partial charge in [0, 0.05) is 18.5 Å². The fourth-order valence-electron chi connectivity index (χ4n) is 2.48. The number of carbonyl (C=O) groups is 2. The van der Waals surface area contributed by atoms with Crippen LogP contribution in [0.25, 0.3) is 0 Å². The molecule has 114 valence electrons. The van der Waals surface area contributed by atoms with Gasteiger partial charge in [0.15, 0.2) is 0 Å². The Kier molecular flexibility index (Phi) is 4.21. The third-order valence-electron chi connectivity index (χ3n) is 3.46. The van der Waals surface area contributed by atoms with Gasteiger partial charge in [0.25, 0.3) is 0 Å². The Morgan fingerprint density at radius 3 is 2.43 bits per heavy atom. The van der Waals surface area contributed by atoms with Crippen molar-refractivity contribution < 1.29 is 14.3 Å². The lowest BCUT2D eigenvalue weighted by atomic mass is 9.94. The molecule has 0 radical (unpaired) electrons. The molecule has 1 aliphatic heterocycles. The van der Waals surface area contributed by atoms with Crippen LogP contribution in [-0.2, 0) is 22.5 Å². The highest BCUT2D eigenvalue weighted by atomic mass is 16.5. The van der Waals surface area contributed by atoms with Crippen LogP contribution < -0.4 is 5.32 Å². The fraction of sp³-hybridized carbons (Fsp3) is 0.500. The van der Waals surface area contributed by atoms with Crippen LogP contribution in [0, 0.1) is 0 Å². The molecule has 0 saturated heterocycles. The zero-order valence-electron chi connectivity index (χ0n) is 13.0. The van der Waals surface area contributed by atoms with Gasteiger partial charge in [-0.25, -0.2) is 9.59 Å². The lowest BCUT2D eigenvalue weighted by molar-refractivity contribution is -0.146. The number of nitrogens with one attached hydrogen (secondary N) is 1. The molecule has 0 unspecified atom stereocenters. The maximum Gasteiger partial charge on any atom is 0.329 e. The van der Waals surface area contributed by atoms with Crippen LogP contribution in [-0.4, -0.2) is 35.6 Å². The number of ether oxygens (including phenoxy) is 1. The number of rotatable bonds is 1. The molecule has 1 heterocycles. The predicted octanol–water partition coefficient (Wildman–Crippen LogP) is 2.09. The summed E-state index contributed by atoms with van der Waals surface area (Å²) in [5, 5.41) is 2.91. The topological polar surface area (TPSA) is 58.6 Å². The Hall–Kier alpha value is -2.04. The molecule has 2 amide bonds. The van der Waals surface area contributed by atoms with Crippen molar-refractivity contribution in [1.82, 2.24) is 10.2 Å². The van der Waals surface area contributed by atoms with Gasteiger partial charge in [-0.3, -0.25) is 0 Å². The fourth-order valence-corrected chi connectivity index (χ4v) is 2.48. The van der Waals surface area contributed by atoms with Gasteiger partial charge < -0.3 is 15.0 Å². The number of hydrogen-bond acceptors (Lipinski definition) is 3. The van der Waals surface area contributed by atoms with E-state index in [-0.39, 0.29) is 17.5 Å². The molecule has 1 aromatic carbocycles. The van der Waals surface area contributed by atoms with Crippen molar-refractivity contribution in [2.24, 2.45) is 0 Å². The minimum absolute atomic E-state index is 0.243. The van der Waals surface area contributed by atoms with Crippen LogP contribution in [0.2, 0.25) is 0 Å². The molecule has 21 heavy (non-hydrogen) atoms. The number of fused-ring (bicyclic) bond motifs is 1. The molecule has 1 N–H and O–H groups in total. The quantitative estimate of drug-likeness (QED) is 0.806. The second-order valence-corrected chi connectivity index (χ2v) is 6.32. The number of amides is 2. The molecule has 5 nitrogen and oxygen atoms in total. The van der Waals surface area contributed by atoms with Crippen LogP contribution >= 0.6 is 0 Å². The van der Waals surface area contributed by atoms with Gasteiger partial charge in [-0.15, -0.1) is 0 Å². The lowest BCUT2D eigenvalue weighted by Crippen LogP contribution is -2.56. The number of methoxy groups -OCH3 is 1. The van der Waals surface area contributed by atoms with Gasteiger partial charge >= 0.3 is 12.0 Å². The van der Waals surface area contributed by atoms with Crippen molar-refractivity contribution in [3.05, 3.63) is 35.4 Å². The SMILES string of the molecule is COC(=O)[C@@H]1Cc2ccccc2CN1C(=O)NC(C)(C)C. The number of esters is 1. The minimum Gasteiger partial charge on any atom is -0.467 e. The molecule has 0 saturated carbocycles. The predicted molar refractivity (Wildman–Crippen MR) is 79.8 cm³/mol. The normalized spacial score (nSPS) is 17.9. The first-order valence-corrected chi connectivity index (χ1v) is 7.05. The van der Waals surface area contributed by atoms with E-state index >= 15 is 0 Å². The molecule has 1 atom stereocenters. The summed E-state index contributed by atoms with van der Waals surface area (Å²) < 4.78 is 4.85. The number of carbonyl (C=O) groups excluding carboxylic acids is 2. The van der Waals surface area contributed by atoms with Gasteiger partial charge in [-0.1, -0.05) is 24.3 Å². The highest BCUT2D eigenvalue weighted by molar-refractivity contribution is 5.84. The molecule has 5 heteroatoms. The van der Waals surface area contributed by atoms with Gasteiger partial charge in [0.1, 0.15) is 6.04 Å². The van der Waals surface area contributed by atoms with E-state index in [0.717, 1.165) is 11.1 Å².